The van der Waals surface area contributed by atoms with Crippen molar-refractivity contribution >= 4 is 73.4 Å². The summed E-state index contributed by atoms with van der Waals surface area (Å²) in [5.74, 6) is -2.14. The predicted molar refractivity (Wildman–Crippen MR) is 38.2 cm³/mol. The minimum absolute atomic E-state index is 0. The minimum atomic E-state index is -4.48. The van der Waals surface area contributed by atoms with E-state index in [-0.39, 0.29) is 51.4 Å². The van der Waals surface area contributed by atoms with Crippen LogP contribution in [0.3, 0.4) is 0 Å². The van der Waals surface area contributed by atoms with Crippen LogP contribution in [0.2, 0.25) is 0 Å². The molecule has 0 aliphatic carbocycles. The van der Waals surface area contributed by atoms with Gasteiger partial charge in [0.1, 0.15) is 0 Å². The Bertz CT molecular complexity index is 306. The number of hydrogen-bond acceptors (Lipinski definition) is 5. The molecule has 1 aliphatic heterocycles. The van der Waals surface area contributed by atoms with Gasteiger partial charge in [-0.1, -0.05) is 0 Å². The van der Waals surface area contributed by atoms with Crippen LogP contribution in [-0.2, 0) is 24.4 Å². The Morgan fingerprint density at radius 2 is 1.92 bits per heavy atom. The first-order valence-electron chi connectivity index (χ1n) is 2.62. The van der Waals surface area contributed by atoms with E-state index in [0.717, 1.165) is 0 Å². The molecule has 0 radical (unpaired) electrons. The quantitative estimate of drug-likeness (QED) is 0.239. The fourth-order valence-corrected chi connectivity index (χ4v) is 1.32. The van der Waals surface area contributed by atoms with Gasteiger partial charge in [-0.2, -0.15) is 8.42 Å². The summed E-state index contributed by atoms with van der Waals surface area (Å²) in [5, 5.41) is -1.73. The maximum atomic E-state index is 10.4. The van der Waals surface area contributed by atoms with Crippen molar-refractivity contribution in [3.63, 3.8) is 0 Å². The monoisotopic (exact) mass is 220 g/mol. The maximum absolute atomic E-state index is 10.4. The third-order valence-electron chi connectivity index (χ3n) is 1.19. The zero-order valence-electron chi connectivity index (χ0n) is 5.18. The Balaban J connectivity index is 0.00000121. The van der Waals surface area contributed by atoms with Crippen LogP contribution in [0.5, 0.6) is 0 Å². The summed E-state index contributed by atoms with van der Waals surface area (Å²) in [6.07, 6.45) is -0.600. The number of carbonyl (C=O) groups is 2. The van der Waals surface area contributed by atoms with E-state index in [2.05, 4.69) is 4.74 Å². The standard InChI is InChI=1S/C4H4O6S.K.H/c5-3-1-2(4(6)10-3)11(7,8)9;;/h2H,1H2,(H,7,8,9);;. The molecule has 8 heteroatoms. The van der Waals surface area contributed by atoms with Crippen LogP contribution < -0.4 is 0 Å². The summed E-state index contributed by atoms with van der Waals surface area (Å²) >= 11 is 0. The van der Waals surface area contributed by atoms with Crippen molar-refractivity contribution in [2.24, 2.45) is 0 Å². The molecule has 64 valence electrons. The number of esters is 2. The van der Waals surface area contributed by atoms with Crippen LogP contribution >= 0.6 is 0 Å². The van der Waals surface area contributed by atoms with Gasteiger partial charge in [0.2, 0.25) is 0 Å². The van der Waals surface area contributed by atoms with E-state index < -0.39 is 33.7 Å². The first-order valence-corrected chi connectivity index (χ1v) is 4.12. The van der Waals surface area contributed by atoms with E-state index in [1.54, 1.807) is 0 Å². The molecule has 6 nitrogen and oxygen atoms in total. The van der Waals surface area contributed by atoms with E-state index in [0.29, 0.717) is 0 Å². The van der Waals surface area contributed by atoms with Gasteiger partial charge in [-0.15, -0.1) is 0 Å². The summed E-state index contributed by atoms with van der Waals surface area (Å²) in [5.41, 5.74) is 0. The molecule has 1 aliphatic rings. The van der Waals surface area contributed by atoms with Crippen LogP contribution in [-0.4, -0.2) is 81.5 Å². The van der Waals surface area contributed by atoms with Crippen molar-refractivity contribution in [2.45, 2.75) is 11.7 Å². The molecule has 1 rings (SSSR count). The first kappa shape index (κ1) is 12.7. The fourth-order valence-electron chi connectivity index (χ4n) is 0.681. The summed E-state index contributed by atoms with van der Waals surface area (Å²) in [6.45, 7) is 0. The molecule has 1 atom stereocenters. The number of hydrogen-bond donors (Lipinski definition) is 1. The Hall–Kier alpha value is 0.686. The number of carbonyl (C=O) groups excluding carboxylic acids is 2. The van der Waals surface area contributed by atoms with Crippen LogP contribution in [0.1, 0.15) is 6.42 Å². The van der Waals surface area contributed by atoms with E-state index in [1.165, 1.54) is 0 Å². The summed E-state index contributed by atoms with van der Waals surface area (Å²) in [6, 6.07) is 0. The van der Waals surface area contributed by atoms with Gasteiger partial charge in [0.05, 0.1) is 6.42 Å². The van der Waals surface area contributed by atoms with Crippen molar-refractivity contribution in [2.75, 3.05) is 0 Å². The zero-order valence-corrected chi connectivity index (χ0v) is 6.00. The van der Waals surface area contributed by atoms with Crippen LogP contribution in [0, 0.1) is 0 Å². The first-order chi connectivity index (χ1) is 4.91. The van der Waals surface area contributed by atoms with Crippen LogP contribution in [0.4, 0.5) is 0 Å². The molecule has 1 heterocycles. The second-order valence-corrected chi connectivity index (χ2v) is 3.60. The normalized spacial score (nSPS) is 23.2. The van der Waals surface area contributed by atoms with Crippen molar-refractivity contribution in [3.05, 3.63) is 0 Å². The molecule has 0 aromatic rings. The van der Waals surface area contributed by atoms with Gasteiger partial charge in [-0.25, -0.2) is 0 Å². The number of ether oxygens (including phenoxy) is 1. The van der Waals surface area contributed by atoms with Crippen LogP contribution in [0.15, 0.2) is 0 Å². The summed E-state index contributed by atoms with van der Waals surface area (Å²) in [7, 11) is -4.48. The molecular formula is C4H5KO6S. The van der Waals surface area contributed by atoms with Gasteiger partial charge in [-0.3, -0.25) is 14.1 Å². The third kappa shape index (κ3) is 2.87. The SMILES string of the molecule is O=C1CC(S(=O)(=O)O)C(=O)O1.[KH]. The predicted octanol–water partition coefficient (Wildman–Crippen LogP) is -1.93. The number of rotatable bonds is 1. The van der Waals surface area contributed by atoms with Gasteiger partial charge in [0, 0.05) is 0 Å². The molecule has 1 N–H and O–H groups in total. The van der Waals surface area contributed by atoms with Gasteiger partial charge < -0.3 is 4.74 Å². The molecule has 0 saturated carbocycles. The van der Waals surface area contributed by atoms with Crippen molar-refractivity contribution in [1.82, 2.24) is 0 Å². The van der Waals surface area contributed by atoms with E-state index in [4.69, 9.17) is 4.55 Å². The topological polar surface area (TPSA) is 97.7 Å². The number of cyclic esters (lactones) is 2. The van der Waals surface area contributed by atoms with Gasteiger partial charge in [0.25, 0.3) is 10.1 Å². The molecule has 0 aromatic heterocycles. The zero-order chi connectivity index (χ0) is 8.65. The Kier molecular flexibility index (Phi) is 4.51. The Morgan fingerprint density at radius 3 is 2.08 bits per heavy atom. The molecule has 0 amide bonds. The Labute approximate surface area is 111 Å². The average molecular weight is 220 g/mol. The second-order valence-electron chi connectivity index (χ2n) is 2.00. The molecule has 0 bridgehead atoms. The van der Waals surface area contributed by atoms with Crippen molar-refractivity contribution in [1.29, 1.82) is 0 Å². The molecular weight excluding hydrogens is 215 g/mol. The molecule has 0 spiro atoms. The molecule has 12 heavy (non-hydrogen) atoms. The van der Waals surface area contributed by atoms with Crippen molar-refractivity contribution in [3.8, 4) is 0 Å². The van der Waals surface area contributed by atoms with Gasteiger partial charge >= 0.3 is 63.3 Å². The third-order valence-corrected chi connectivity index (χ3v) is 2.27. The Morgan fingerprint density at radius 1 is 1.42 bits per heavy atom. The van der Waals surface area contributed by atoms with E-state index in [1.807, 2.05) is 0 Å². The molecule has 1 saturated heterocycles. The van der Waals surface area contributed by atoms with E-state index >= 15 is 0 Å². The molecule has 1 unspecified atom stereocenters. The molecule has 0 aromatic carbocycles. The van der Waals surface area contributed by atoms with Crippen LogP contribution in [0.25, 0.3) is 0 Å². The molecule has 1 fully saturated rings. The fraction of sp³-hybridized carbons (Fsp3) is 0.500. The summed E-state index contributed by atoms with van der Waals surface area (Å²) in [4.78, 5) is 20.7. The average Bonchev–Trinajstić information content (AvgIpc) is 2.08. The van der Waals surface area contributed by atoms with Gasteiger partial charge in [-0.05, 0) is 0 Å². The van der Waals surface area contributed by atoms with Crippen molar-refractivity contribution < 1.29 is 27.3 Å². The second kappa shape index (κ2) is 4.27. The van der Waals surface area contributed by atoms with Gasteiger partial charge in [0.15, 0.2) is 5.25 Å². The summed E-state index contributed by atoms with van der Waals surface area (Å²) < 4.78 is 32.8. The van der Waals surface area contributed by atoms with E-state index in [9.17, 15) is 18.0 Å².